The zero-order valence-electron chi connectivity index (χ0n) is 54.1. The minimum Gasteiger partial charge on any atom is -0.545 e. The molecule has 0 radical (unpaired) electrons. The summed E-state index contributed by atoms with van der Waals surface area (Å²) in [7, 11) is 5.90. The summed E-state index contributed by atoms with van der Waals surface area (Å²) >= 11 is 0. The zero-order chi connectivity index (χ0) is 61.9. The molecule has 0 N–H and O–H groups in total. The molecule has 476 valence electrons. The number of ether oxygens (including phenoxy) is 4. The molecule has 0 aromatic carbocycles. The van der Waals surface area contributed by atoms with Gasteiger partial charge in [-0.25, -0.2) is 0 Å². The molecule has 0 aliphatic rings. The number of rotatable bonds is 58. The maximum atomic E-state index is 12.9. The monoisotopic (exact) mass is 1170 g/mol. The minimum absolute atomic E-state index is 0.132. The standard InChI is InChI=1S/C76H119NO8/c1-6-8-10-12-14-16-18-20-22-24-26-28-29-30-31-32-33-34-35-36-37-38-39-40-41-42-43-44-45-47-49-51-53-55-57-59-61-63-65-67-74(79)85-72(71-84-76(75(80)81)82-69-68-77(3,4)5)70-83-73(78)66-64-62-60-58-56-54-52-50-48-46-27-25-23-21-19-17-15-13-11-9-7-2/h8-11,14-17,20-23,26-28,30-31,33-34,36-37,39-40,42-43,45-47,50,52,72,76H,6-7,12-13,18-19,24-25,29,32,35,38,41,44,48-49,51,53-71H2,1-5H3/b10-8-,11-9-,16-14-,17-15-,22-20-,23-21-,28-26-,31-30-,34-33-,37-36-,40-39-,43-42-,46-27-,47-45-,52-50-. The third-order valence-electron chi connectivity index (χ3n) is 13.1. The molecular formula is C76H119NO8. The van der Waals surface area contributed by atoms with Crippen LogP contribution in [0.1, 0.15) is 219 Å². The predicted octanol–water partition coefficient (Wildman–Crippen LogP) is 19.1. The number of aliphatic carboxylic acids is 1. The van der Waals surface area contributed by atoms with Gasteiger partial charge in [0.1, 0.15) is 13.2 Å². The number of carbonyl (C=O) groups is 3. The molecule has 0 aromatic heterocycles. The van der Waals surface area contributed by atoms with Gasteiger partial charge in [0, 0.05) is 12.8 Å². The van der Waals surface area contributed by atoms with E-state index in [2.05, 4.69) is 196 Å². The van der Waals surface area contributed by atoms with Crippen molar-refractivity contribution in [3.05, 3.63) is 182 Å². The van der Waals surface area contributed by atoms with E-state index in [0.717, 1.165) is 154 Å². The Hall–Kier alpha value is -5.61. The Kier molecular flexibility index (Phi) is 60.1. The summed E-state index contributed by atoms with van der Waals surface area (Å²) in [6.07, 6.45) is 95.2. The van der Waals surface area contributed by atoms with Crippen LogP contribution in [0.5, 0.6) is 0 Å². The van der Waals surface area contributed by atoms with E-state index in [1.807, 2.05) is 21.1 Å². The molecule has 9 nitrogen and oxygen atoms in total. The van der Waals surface area contributed by atoms with Gasteiger partial charge >= 0.3 is 11.9 Å². The van der Waals surface area contributed by atoms with Gasteiger partial charge in [0.15, 0.2) is 12.4 Å². The summed E-state index contributed by atoms with van der Waals surface area (Å²) in [6.45, 7) is 4.46. The fourth-order valence-electron chi connectivity index (χ4n) is 8.18. The minimum atomic E-state index is -1.64. The molecule has 0 fully saturated rings. The summed E-state index contributed by atoms with van der Waals surface area (Å²) in [4.78, 5) is 37.4. The number of quaternary nitrogens is 1. The molecule has 85 heavy (non-hydrogen) atoms. The Morgan fingerprint density at radius 1 is 0.353 bits per heavy atom. The first-order chi connectivity index (χ1) is 41.6. The second-order valence-corrected chi connectivity index (χ2v) is 22.3. The van der Waals surface area contributed by atoms with Crippen LogP contribution in [0.15, 0.2) is 182 Å². The van der Waals surface area contributed by atoms with Crippen molar-refractivity contribution >= 4 is 17.9 Å². The van der Waals surface area contributed by atoms with Gasteiger partial charge in [-0.1, -0.05) is 254 Å². The third kappa shape index (κ3) is 65.8. The van der Waals surface area contributed by atoms with Crippen LogP contribution in [-0.2, 0) is 33.3 Å². The first kappa shape index (κ1) is 79.4. The zero-order valence-corrected chi connectivity index (χ0v) is 54.1. The number of unbranched alkanes of at least 4 members (excludes halogenated alkanes) is 13. The van der Waals surface area contributed by atoms with Crippen LogP contribution in [0.4, 0.5) is 0 Å². The number of nitrogens with zero attached hydrogens (tertiary/aromatic N) is 1. The molecule has 0 bridgehead atoms. The van der Waals surface area contributed by atoms with Crippen molar-refractivity contribution in [2.45, 2.75) is 232 Å². The Morgan fingerprint density at radius 3 is 0.941 bits per heavy atom. The van der Waals surface area contributed by atoms with Crippen molar-refractivity contribution < 1.29 is 42.9 Å². The highest BCUT2D eigenvalue weighted by Gasteiger charge is 2.22. The Balaban J connectivity index is 4.25. The Labute approximate surface area is 519 Å². The lowest BCUT2D eigenvalue weighted by atomic mass is 10.1. The third-order valence-corrected chi connectivity index (χ3v) is 13.1. The smallest absolute Gasteiger partial charge is 0.306 e. The molecule has 0 aromatic rings. The van der Waals surface area contributed by atoms with Gasteiger partial charge in [0.25, 0.3) is 0 Å². The largest absolute Gasteiger partial charge is 0.545 e. The molecule has 0 rings (SSSR count). The van der Waals surface area contributed by atoms with Gasteiger partial charge in [-0.2, -0.15) is 0 Å². The van der Waals surface area contributed by atoms with Crippen LogP contribution in [0, 0.1) is 0 Å². The quantitative estimate of drug-likeness (QED) is 0.0195. The summed E-state index contributed by atoms with van der Waals surface area (Å²) in [5, 5.41) is 11.8. The first-order valence-corrected chi connectivity index (χ1v) is 32.9. The molecule has 0 heterocycles. The number of likely N-dealkylation sites (N-methyl/N-ethyl adjacent to an activating group) is 1. The Bertz CT molecular complexity index is 2050. The molecule has 0 saturated carbocycles. The number of allylic oxidation sites excluding steroid dienone is 30. The van der Waals surface area contributed by atoms with E-state index >= 15 is 0 Å². The molecule has 2 atom stereocenters. The van der Waals surface area contributed by atoms with Crippen LogP contribution >= 0.6 is 0 Å². The van der Waals surface area contributed by atoms with Gasteiger partial charge in [-0.05, 0) is 135 Å². The van der Waals surface area contributed by atoms with Gasteiger partial charge < -0.3 is 33.3 Å². The summed E-state index contributed by atoms with van der Waals surface area (Å²) in [6, 6.07) is 0. The molecule has 9 heteroatoms. The van der Waals surface area contributed by atoms with E-state index in [1.165, 1.54) is 25.7 Å². The molecule has 0 aliphatic carbocycles. The van der Waals surface area contributed by atoms with Crippen LogP contribution < -0.4 is 5.11 Å². The number of hydrogen-bond donors (Lipinski definition) is 0. The highest BCUT2D eigenvalue weighted by Crippen LogP contribution is 2.14. The van der Waals surface area contributed by atoms with Crippen molar-refractivity contribution in [3.63, 3.8) is 0 Å². The highest BCUT2D eigenvalue weighted by molar-refractivity contribution is 5.70. The normalized spacial score (nSPS) is 13.9. The highest BCUT2D eigenvalue weighted by atomic mass is 16.7. The summed E-state index contributed by atoms with van der Waals surface area (Å²) in [5.41, 5.74) is 0. The number of carboxylic acid groups (broad SMARTS) is 1. The topological polar surface area (TPSA) is 111 Å². The number of hydrogen-bond acceptors (Lipinski definition) is 8. The Morgan fingerprint density at radius 2 is 0.635 bits per heavy atom. The van der Waals surface area contributed by atoms with E-state index < -0.39 is 24.3 Å². The van der Waals surface area contributed by atoms with E-state index in [9.17, 15) is 19.5 Å². The van der Waals surface area contributed by atoms with Gasteiger partial charge in [0.2, 0.25) is 0 Å². The average Bonchev–Trinajstić information content (AvgIpc) is 3.49. The molecule has 0 aliphatic heterocycles. The van der Waals surface area contributed by atoms with Crippen LogP contribution in [-0.4, -0.2) is 82.3 Å². The van der Waals surface area contributed by atoms with Crippen LogP contribution in [0.25, 0.3) is 0 Å². The average molecular weight is 1170 g/mol. The fourth-order valence-corrected chi connectivity index (χ4v) is 8.18. The number of esters is 2. The van der Waals surface area contributed by atoms with E-state index in [0.29, 0.717) is 23.9 Å². The molecule has 0 spiro atoms. The molecule has 0 amide bonds. The second-order valence-electron chi connectivity index (χ2n) is 22.3. The van der Waals surface area contributed by atoms with E-state index in [1.54, 1.807) is 0 Å². The lowest BCUT2D eigenvalue weighted by Crippen LogP contribution is -2.44. The fraction of sp³-hybridized carbons (Fsp3) is 0.566. The van der Waals surface area contributed by atoms with Gasteiger partial charge in [0.05, 0.1) is 40.3 Å². The van der Waals surface area contributed by atoms with Crippen molar-refractivity contribution in [3.8, 4) is 0 Å². The molecule has 0 saturated heterocycles. The van der Waals surface area contributed by atoms with Crippen LogP contribution in [0.3, 0.4) is 0 Å². The van der Waals surface area contributed by atoms with Gasteiger partial charge in [-0.15, -0.1) is 0 Å². The maximum Gasteiger partial charge on any atom is 0.306 e. The lowest BCUT2D eigenvalue weighted by Gasteiger charge is -2.26. The van der Waals surface area contributed by atoms with Crippen LogP contribution in [0.2, 0.25) is 0 Å². The predicted molar refractivity (Wildman–Crippen MR) is 361 cm³/mol. The van der Waals surface area contributed by atoms with Crippen molar-refractivity contribution in [1.82, 2.24) is 0 Å². The molecular weight excluding hydrogens is 1050 g/mol. The summed E-state index contributed by atoms with van der Waals surface area (Å²) < 4.78 is 22.7. The van der Waals surface area contributed by atoms with E-state index in [-0.39, 0.29) is 38.6 Å². The number of carboxylic acids is 1. The SMILES string of the molecule is CC/C=C\C/C=C\C/C=C\C/C=C\C/C=C\C/C=C\C/C=C\C/C=C\C/C=C\C/C=C\CCCCCCCCCCC(=O)OC(COC(=O)CCCCCCC/C=C\C/C=C\C/C=C\C/C=C\C/C=C\CC)COC(OCC[N+](C)(C)C)C(=O)[O-]. The maximum absolute atomic E-state index is 12.9. The second kappa shape index (κ2) is 64.4. The summed E-state index contributed by atoms with van der Waals surface area (Å²) in [5.74, 6) is -2.34. The van der Waals surface area contributed by atoms with Crippen molar-refractivity contribution in [2.75, 3.05) is 47.5 Å². The van der Waals surface area contributed by atoms with Gasteiger partial charge in [-0.3, -0.25) is 9.59 Å². The van der Waals surface area contributed by atoms with Crippen molar-refractivity contribution in [1.29, 1.82) is 0 Å². The number of carbonyl (C=O) groups excluding carboxylic acids is 3. The van der Waals surface area contributed by atoms with E-state index in [4.69, 9.17) is 18.9 Å². The first-order valence-electron chi connectivity index (χ1n) is 32.9. The lowest BCUT2D eigenvalue weighted by molar-refractivity contribution is -0.870. The molecule has 2 unspecified atom stereocenters. The van der Waals surface area contributed by atoms with Crippen molar-refractivity contribution in [2.24, 2.45) is 0 Å².